The van der Waals surface area contributed by atoms with E-state index in [2.05, 4.69) is 54.5 Å². The van der Waals surface area contributed by atoms with Gasteiger partial charge in [0.2, 0.25) is 0 Å². The van der Waals surface area contributed by atoms with Crippen molar-refractivity contribution in [3.63, 3.8) is 0 Å². The predicted octanol–water partition coefficient (Wildman–Crippen LogP) is 6.06. The molecular formula is C30H48O4. The lowest BCUT2D eigenvalue weighted by Crippen LogP contribution is -2.67. The van der Waals surface area contributed by atoms with Gasteiger partial charge in [-0.1, -0.05) is 60.1 Å². The van der Waals surface area contributed by atoms with Crippen LogP contribution in [0.5, 0.6) is 0 Å². The fraction of sp³-hybridized carbons (Fsp3) is 0.900. The molecule has 0 saturated heterocycles. The molecule has 0 radical (unpaired) electrons. The molecule has 3 N–H and O–H groups in total. The van der Waals surface area contributed by atoms with Crippen LogP contribution >= 0.6 is 0 Å². The third kappa shape index (κ3) is 2.71. The minimum Gasteiger partial charge on any atom is -0.481 e. The van der Waals surface area contributed by atoms with E-state index in [0.717, 1.165) is 38.5 Å². The van der Waals surface area contributed by atoms with Crippen LogP contribution in [0.15, 0.2) is 11.6 Å². The van der Waals surface area contributed by atoms with Gasteiger partial charge in [-0.2, -0.15) is 0 Å². The smallest absolute Gasteiger partial charge is 0.312 e. The second-order valence-electron chi connectivity index (χ2n) is 14.6. The van der Waals surface area contributed by atoms with E-state index in [1.165, 1.54) is 5.57 Å². The van der Waals surface area contributed by atoms with Gasteiger partial charge in [0, 0.05) is 5.92 Å². The van der Waals surface area contributed by atoms with Gasteiger partial charge >= 0.3 is 5.97 Å². The predicted molar refractivity (Wildman–Crippen MR) is 134 cm³/mol. The number of carbonyl (C=O) groups is 1. The summed E-state index contributed by atoms with van der Waals surface area (Å²) >= 11 is 0. The number of carboxylic acid groups (broad SMARTS) is 1. The van der Waals surface area contributed by atoms with Crippen LogP contribution in [-0.2, 0) is 4.79 Å². The van der Waals surface area contributed by atoms with Gasteiger partial charge in [0.05, 0.1) is 12.2 Å². The van der Waals surface area contributed by atoms with Crippen LogP contribution in [0, 0.1) is 56.7 Å². The highest BCUT2D eigenvalue weighted by molar-refractivity contribution is 5.77. The third-order valence-electron chi connectivity index (χ3n) is 13.4. The van der Waals surface area contributed by atoms with E-state index >= 15 is 0 Å². The van der Waals surface area contributed by atoms with Gasteiger partial charge in [-0.15, -0.1) is 0 Å². The van der Waals surface area contributed by atoms with Gasteiger partial charge in [0.25, 0.3) is 0 Å². The largest absolute Gasteiger partial charge is 0.481 e. The van der Waals surface area contributed by atoms with E-state index in [1.807, 2.05) is 0 Å². The molecule has 0 aliphatic heterocycles. The summed E-state index contributed by atoms with van der Waals surface area (Å²) in [5, 5.41) is 32.7. The Labute approximate surface area is 206 Å². The Balaban J connectivity index is 1.63. The van der Waals surface area contributed by atoms with E-state index in [4.69, 9.17) is 0 Å². The maximum Gasteiger partial charge on any atom is 0.312 e. The minimum absolute atomic E-state index is 0.0429. The second-order valence-corrected chi connectivity index (χ2v) is 14.6. The van der Waals surface area contributed by atoms with Gasteiger partial charge in [0.1, 0.15) is 5.41 Å². The van der Waals surface area contributed by atoms with Gasteiger partial charge < -0.3 is 15.3 Å². The molecule has 0 bridgehead atoms. The average Bonchev–Trinajstić information content (AvgIpc) is 2.74. The van der Waals surface area contributed by atoms with Crippen LogP contribution in [-0.4, -0.2) is 33.5 Å². The monoisotopic (exact) mass is 472 g/mol. The molecule has 0 amide bonds. The van der Waals surface area contributed by atoms with E-state index in [9.17, 15) is 20.1 Å². The lowest BCUT2D eigenvalue weighted by molar-refractivity contribution is -0.214. The van der Waals surface area contributed by atoms with E-state index in [-0.39, 0.29) is 39.6 Å². The highest BCUT2D eigenvalue weighted by Gasteiger charge is 2.70. The fourth-order valence-electron chi connectivity index (χ4n) is 10.9. The first-order chi connectivity index (χ1) is 15.7. The summed E-state index contributed by atoms with van der Waals surface area (Å²) in [5.41, 5.74) is 0.498. The molecular weight excluding hydrogens is 424 g/mol. The molecule has 0 unspecified atom stereocenters. The second kappa shape index (κ2) is 7.34. The molecule has 4 fully saturated rings. The maximum absolute atomic E-state index is 12.8. The SMILES string of the molecule is C[C@H]1[C@H](C)C[C@H](O)[C@]2(C(=O)O)CC[C@]3(C)C(=CC[C@@H]4[C@@]5(C)CC[C@H](O)C(C)(C)[C@@H]5CC[C@]43C)[C@H]12. The third-order valence-corrected chi connectivity index (χ3v) is 13.4. The van der Waals surface area contributed by atoms with Crippen molar-refractivity contribution >= 4 is 5.97 Å². The Morgan fingerprint density at radius 2 is 1.59 bits per heavy atom. The molecule has 4 nitrogen and oxygen atoms in total. The molecule has 0 aromatic heterocycles. The van der Waals surface area contributed by atoms with Crippen LogP contribution in [0.25, 0.3) is 0 Å². The van der Waals surface area contributed by atoms with Gasteiger partial charge in [0.15, 0.2) is 0 Å². The number of aliphatic carboxylic acids is 1. The van der Waals surface area contributed by atoms with Crippen molar-refractivity contribution in [1.82, 2.24) is 0 Å². The number of allylic oxidation sites excluding steroid dienone is 2. The molecule has 11 atom stereocenters. The van der Waals surface area contributed by atoms with Crippen molar-refractivity contribution < 1.29 is 20.1 Å². The van der Waals surface area contributed by atoms with Crippen molar-refractivity contribution in [2.75, 3.05) is 0 Å². The zero-order valence-corrected chi connectivity index (χ0v) is 22.5. The van der Waals surface area contributed by atoms with Gasteiger partial charge in [-0.3, -0.25) is 4.79 Å². The summed E-state index contributed by atoms with van der Waals surface area (Å²) < 4.78 is 0. The number of aliphatic hydroxyl groups is 2. The number of hydrogen-bond donors (Lipinski definition) is 3. The first-order valence-corrected chi connectivity index (χ1v) is 14.0. The van der Waals surface area contributed by atoms with Crippen molar-refractivity contribution in [1.29, 1.82) is 0 Å². The summed E-state index contributed by atoms with van der Waals surface area (Å²) in [6, 6.07) is 0. The van der Waals surface area contributed by atoms with Crippen molar-refractivity contribution in [2.24, 2.45) is 56.7 Å². The zero-order valence-electron chi connectivity index (χ0n) is 22.5. The average molecular weight is 473 g/mol. The molecule has 4 saturated carbocycles. The maximum atomic E-state index is 12.8. The van der Waals surface area contributed by atoms with Crippen LogP contribution in [0.2, 0.25) is 0 Å². The molecule has 192 valence electrons. The lowest BCUT2D eigenvalue weighted by atomic mass is 9.33. The summed E-state index contributed by atoms with van der Waals surface area (Å²) in [4.78, 5) is 12.8. The summed E-state index contributed by atoms with van der Waals surface area (Å²) in [7, 11) is 0. The van der Waals surface area contributed by atoms with Crippen LogP contribution in [0.1, 0.15) is 99.8 Å². The Bertz CT molecular complexity index is 907. The number of carboxylic acids is 1. The number of fused-ring (bicyclic) bond motifs is 7. The van der Waals surface area contributed by atoms with Gasteiger partial charge in [-0.25, -0.2) is 0 Å². The molecule has 0 aromatic carbocycles. The van der Waals surface area contributed by atoms with Crippen molar-refractivity contribution in [3.05, 3.63) is 11.6 Å². The van der Waals surface area contributed by atoms with Crippen molar-refractivity contribution in [2.45, 2.75) is 112 Å². The number of rotatable bonds is 1. The van der Waals surface area contributed by atoms with E-state index in [1.54, 1.807) is 0 Å². The molecule has 4 heteroatoms. The van der Waals surface area contributed by atoms with Gasteiger partial charge in [-0.05, 0) is 96.7 Å². The summed E-state index contributed by atoms with van der Waals surface area (Å²) in [6.07, 6.45) is 8.72. The quantitative estimate of drug-likeness (QED) is 0.405. The summed E-state index contributed by atoms with van der Waals surface area (Å²) in [5.74, 6) is 0.736. The van der Waals surface area contributed by atoms with Crippen LogP contribution in [0.3, 0.4) is 0 Å². The fourth-order valence-corrected chi connectivity index (χ4v) is 10.9. The number of aliphatic hydroxyl groups excluding tert-OH is 2. The Morgan fingerprint density at radius 3 is 2.24 bits per heavy atom. The topological polar surface area (TPSA) is 77.8 Å². The first-order valence-electron chi connectivity index (χ1n) is 14.0. The van der Waals surface area contributed by atoms with Crippen molar-refractivity contribution in [3.8, 4) is 0 Å². The standard InChI is InChI=1S/C30H48O4/c1-17-16-23(32)30(25(33)34)15-14-28(6)19(24(30)18(17)2)8-9-21-27(5)12-11-22(31)26(3,4)20(27)10-13-29(21,28)7/h8,17-18,20-24,31-32H,9-16H2,1-7H3,(H,33,34)/t17-,18+,20+,21-,22+,23+,24+,27+,28-,29-,30-/m1/s1. The highest BCUT2D eigenvalue weighted by Crippen LogP contribution is 2.75. The molecule has 0 spiro atoms. The molecule has 0 aromatic rings. The highest BCUT2D eigenvalue weighted by atomic mass is 16.4. The molecule has 0 heterocycles. The normalized spacial score (nSPS) is 56.3. The molecule has 5 rings (SSSR count). The lowest BCUT2D eigenvalue weighted by Gasteiger charge is -2.71. The zero-order chi connectivity index (χ0) is 25.1. The first kappa shape index (κ1) is 24.8. The Kier molecular flexibility index (Phi) is 5.36. The molecule has 5 aliphatic carbocycles. The van der Waals surface area contributed by atoms with E-state index < -0.39 is 17.5 Å². The summed E-state index contributed by atoms with van der Waals surface area (Å²) in [6.45, 7) is 16.5. The minimum atomic E-state index is -1.04. The molecule has 5 aliphatic rings. The molecule has 34 heavy (non-hydrogen) atoms. The van der Waals surface area contributed by atoms with Crippen LogP contribution < -0.4 is 0 Å². The Morgan fingerprint density at radius 1 is 0.912 bits per heavy atom. The van der Waals surface area contributed by atoms with E-state index in [0.29, 0.717) is 30.6 Å². The van der Waals surface area contributed by atoms with Crippen LogP contribution in [0.4, 0.5) is 0 Å². The Hall–Kier alpha value is -0.870. The number of hydrogen-bond acceptors (Lipinski definition) is 3.